The molecule has 1 N–H and O–H groups in total. The quantitative estimate of drug-likeness (QED) is 0.937. The lowest BCUT2D eigenvalue weighted by atomic mass is 10.1. The van der Waals surface area contributed by atoms with Crippen LogP contribution < -0.4 is 5.32 Å². The van der Waals surface area contributed by atoms with Gasteiger partial charge in [-0.05, 0) is 24.3 Å². The van der Waals surface area contributed by atoms with E-state index in [1.165, 1.54) is 0 Å². The van der Waals surface area contributed by atoms with E-state index >= 15 is 0 Å². The van der Waals surface area contributed by atoms with Crippen LogP contribution in [0, 0.1) is 0 Å². The summed E-state index contributed by atoms with van der Waals surface area (Å²) in [5.41, 5.74) is 0.381. The largest absolute Gasteiger partial charge is 0.323 e. The molecule has 0 aliphatic carbocycles. The van der Waals surface area contributed by atoms with E-state index in [2.05, 4.69) is 20.5 Å². The molecule has 0 radical (unpaired) electrons. The van der Waals surface area contributed by atoms with Crippen molar-refractivity contribution in [1.29, 1.82) is 0 Å². The van der Waals surface area contributed by atoms with Crippen molar-refractivity contribution < 1.29 is 9.18 Å². The molecule has 7 heteroatoms. The Kier molecular flexibility index (Phi) is 4.77. The third-order valence-electron chi connectivity index (χ3n) is 3.08. The van der Waals surface area contributed by atoms with Crippen molar-refractivity contribution in [2.24, 2.45) is 10.2 Å². The fourth-order valence-electron chi connectivity index (χ4n) is 1.98. The fraction of sp³-hybridized carbons (Fsp3) is 0.125. The van der Waals surface area contributed by atoms with Crippen molar-refractivity contribution in [2.45, 2.75) is 11.9 Å². The molecule has 0 bridgehead atoms. The van der Waals surface area contributed by atoms with Crippen LogP contribution in [0.15, 0.2) is 65.1 Å². The number of para-hydroxylation sites is 1. The first-order valence-electron chi connectivity index (χ1n) is 6.93. The number of nitrogens with zero attached hydrogens (tertiary/aromatic N) is 3. The Bertz CT molecular complexity index is 749. The molecule has 2 aromatic rings. The summed E-state index contributed by atoms with van der Waals surface area (Å²) < 4.78 is 14.1. The van der Waals surface area contributed by atoms with Crippen molar-refractivity contribution in [3.05, 3.63) is 60.4 Å². The predicted molar refractivity (Wildman–Crippen MR) is 90.4 cm³/mol. The van der Waals surface area contributed by atoms with Crippen LogP contribution in [-0.2, 0) is 4.79 Å². The first-order chi connectivity index (χ1) is 11.2. The number of carbonyl (C=O) groups is 1. The van der Waals surface area contributed by atoms with E-state index in [0.29, 0.717) is 17.2 Å². The molecule has 0 spiro atoms. The molecule has 1 aliphatic rings. The Hall–Kier alpha value is -2.54. The Morgan fingerprint density at radius 2 is 2.00 bits per heavy atom. The number of amides is 1. The molecular formula is C16H13FN4OS. The minimum atomic E-state index is -1.74. The van der Waals surface area contributed by atoms with Crippen molar-refractivity contribution in [3.8, 4) is 0 Å². The number of nitrogens with one attached hydrogen (secondary N) is 1. The molecule has 1 amide bonds. The minimum absolute atomic E-state index is 0.398. The zero-order chi connectivity index (χ0) is 16.1. The van der Waals surface area contributed by atoms with Gasteiger partial charge < -0.3 is 5.32 Å². The molecule has 0 saturated carbocycles. The van der Waals surface area contributed by atoms with Crippen molar-refractivity contribution in [3.63, 3.8) is 0 Å². The topological polar surface area (TPSA) is 66.7 Å². The lowest BCUT2D eigenvalue weighted by Crippen LogP contribution is -2.22. The van der Waals surface area contributed by atoms with Gasteiger partial charge in [0.25, 0.3) is 5.91 Å². The molecule has 1 unspecified atom stereocenters. The van der Waals surface area contributed by atoms with Gasteiger partial charge in [-0.3, -0.25) is 9.78 Å². The highest BCUT2D eigenvalue weighted by Gasteiger charge is 2.24. The van der Waals surface area contributed by atoms with E-state index in [9.17, 15) is 9.18 Å². The second kappa shape index (κ2) is 7.15. The minimum Gasteiger partial charge on any atom is -0.323 e. The van der Waals surface area contributed by atoms with Crippen LogP contribution in [0.1, 0.15) is 12.0 Å². The first kappa shape index (κ1) is 15.4. The van der Waals surface area contributed by atoms with E-state index in [4.69, 9.17) is 0 Å². The number of hydrogen-bond acceptors (Lipinski definition) is 5. The lowest BCUT2D eigenvalue weighted by molar-refractivity contribution is -0.118. The van der Waals surface area contributed by atoms with E-state index in [0.717, 1.165) is 23.0 Å². The van der Waals surface area contributed by atoms with E-state index in [-0.39, 0.29) is 0 Å². The second-order valence-corrected chi connectivity index (χ2v) is 5.87. The Morgan fingerprint density at radius 3 is 2.74 bits per heavy atom. The predicted octanol–water partition coefficient (Wildman–Crippen LogP) is 3.26. The highest BCUT2D eigenvalue weighted by molar-refractivity contribution is 8.15. The van der Waals surface area contributed by atoms with Crippen LogP contribution in [-0.4, -0.2) is 27.2 Å². The van der Waals surface area contributed by atoms with Crippen molar-refractivity contribution in [2.75, 3.05) is 5.32 Å². The molecule has 0 fully saturated rings. The van der Waals surface area contributed by atoms with Crippen molar-refractivity contribution in [1.82, 2.24) is 4.98 Å². The maximum absolute atomic E-state index is 14.1. The van der Waals surface area contributed by atoms with E-state index in [1.54, 1.807) is 42.7 Å². The van der Waals surface area contributed by atoms with Gasteiger partial charge in [0.1, 0.15) is 5.04 Å². The van der Waals surface area contributed by atoms with Crippen LogP contribution in [0.4, 0.5) is 10.1 Å². The molecule has 2 heterocycles. The Balaban J connectivity index is 1.53. The summed E-state index contributed by atoms with van der Waals surface area (Å²) in [7, 11) is 0. The van der Waals surface area contributed by atoms with Gasteiger partial charge in [0, 0.05) is 30.1 Å². The number of aromatic nitrogens is 1. The van der Waals surface area contributed by atoms with Gasteiger partial charge in [-0.15, -0.1) is 5.10 Å². The molecule has 23 heavy (non-hydrogen) atoms. The van der Waals surface area contributed by atoms with Crippen LogP contribution in [0.2, 0.25) is 0 Å². The average Bonchev–Trinajstić information content (AvgIpc) is 3.05. The molecule has 1 aromatic carbocycles. The maximum atomic E-state index is 14.1. The third kappa shape index (κ3) is 4.01. The number of benzene rings is 1. The van der Waals surface area contributed by atoms with Gasteiger partial charge in [-0.1, -0.05) is 30.0 Å². The lowest BCUT2D eigenvalue weighted by Gasteiger charge is -2.08. The SMILES string of the molecule is O=C(Nc1ccccc1)C(F)SC1=NN=C(c2cccnc2)C1. The molecule has 116 valence electrons. The monoisotopic (exact) mass is 328 g/mol. The van der Waals surface area contributed by atoms with Gasteiger partial charge in [-0.25, -0.2) is 4.39 Å². The van der Waals surface area contributed by atoms with Crippen LogP contribution in [0.5, 0.6) is 0 Å². The first-order valence-corrected chi connectivity index (χ1v) is 7.81. The third-order valence-corrected chi connectivity index (χ3v) is 4.00. The summed E-state index contributed by atoms with van der Waals surface area (Å²) in [5.74, 6) is -0.710. The number of halogens is 1. The van der Waals surface area contributed by atoms with Crippen LogP contribution in [0.25, 0.3) is 0 Å². The highest BCUT2D eigenvalue weighted by Crippen LogP contribution is 2.24. The fourth-order valence-corrected chi connectivity index (χ4v) is 2.69. The molecular weight excluding hydrogens is 315 g/mol. The van der Waals surface area contributed by atoms with Gasteiger partial charge >= 0.3 is 0 Å². The Morgan fingerprint density at radius 1 is 1.17 bits per heavy atom. The Labute approximate surface area is 136 Å². The molecule has 1 atom stereocenters. The number of carbonyl (C=O) groups excluding carboxylic acids is 1. The average molecular weight is 328 g/mol. The molecule has 5 nitrogen and oxygen atoms in total. The van der Waals surface area contributed by atoms with E-state index < -0.39 is 11.4 Å². The summed E-state index contributed by atoms with van der Waals surface area (Å²) in [4.78, 5) is 15.9. The molecule has 0 saturated heterocycles. The summed E-state index contributed by atoms with van der Waals surface area (Å²) >= 11 is 0.769. The van der Waals surface area contributed by atoms with Crippen molar-refractivity contribution >= 4 is 34.1 Å². The number of thioether (sulfide) groups is 1. The zero-order valence-corrected chi connectivity index (χ0v) is 12.8. The number of rotatable bonds is 4. The van der Waals surface area contributed by atoms with Crippen LogP contribution >= 0.6 is 11.8 Å². The number of hydrogen-bond donors (Lipinski definition) is 1. The smallest absolute Gasteiger partial charge is 0.269 e. The normalized spacial score (nSPS) is 14.8. The molecule has 3 rings (SSSR count). The van der Waals surface area contributed by atoms with Crippen LogP contribution in [0.3, 0.4) is 0 Å². The highest BCUT2D eigenvalue weighted by atomic mass is 32.2. The van der Waals surface area contributed by atoms with E-state index in [1.807, 2.05) is 12.1 Å². The summed E-state index contributed by atoms with van der Waals surface area (Å²) in [6.07, 6.45) is 3.74. The van der Waals surface area contributed by atoms with Gasteiger partial charge in [0.15, 0.2) is 0 Å². The van der Waals surface area contributed by atoms with Gasteiger partial charge in [-0.2, -0.15) is 5.10 Å². The van der Waals surface area contributed by atoms with Gasteiger partial charge in [0.05, 0.1) is 5.71 Å². The maximum Gasteiger partial charge on any atom is 0.269 e. The number of alkyl halides is 1. The summed E-state index contributed by atoms with van der Waals surface area (Å²) in [6, 6.07) is 12.4. The summed E-state index contributed by atoms with van der Waals surface area (Å²) in [6.45, 7) is 0. The molecule has 1 aromatic heterocycles. The standard InChI is InChI=1S/C16H13FN4OS/c17-15(16(22)19-12-6-2-1-3-7-12)23-14-9-13(20-21-14)11-5-4-8-18-10-11/h1-8,10,15H,9H2,(H,19,22). The molecule has 1 aliphatic heterocycles. The second-order valence-electron chi connectivity index (χ2n) is 4.75. The number of anilines is 1. The zero-order valence-electron chi connectivity index (χ0n) is 12.0. The summed E-state index contributed by atoms with van der Waals surface area (Å²) in [5, 5.41) is 11.0. The van der Waals surface area contributed by atoms with Gasteiger partial charge in [0.2, 0.25) is 5.50 Å². The number of pyridine rings is 1.